The summed E-state index contributed by atoms with van der Waals surface area (Å²) in [5, 5.41) is 13.7. The fourth-order valence-corrected chi connectivity index (χ4v) is 2.24. The highest BCUT2D eigenvalue weighted by Crippen LogP contribution is 2.23. The van der Waals surface area contributed by atoms with Crippen LogP contribution < -0.4 is 5.32 Å². The number of nitrogens with zero attached hydrogens (tertiary/aromatic N) is 2. The average Bonchev–Trinajstić information content (AvgIpc) is 2.38. The summed E-state index contributed by atoms with van der Waals surface area (Å²) in [7, 11) is 0. The Morgan fingerprint density at radius 1 is 1.35 bits per heavy atom. The van der Waals surface area contributed by atoms with Gasteiger partial charge in [-0.1, -0.05) is 19.3 Å². The van der Waals surface area contributed by atoms with E-state index in [1.54, 1.807) is 6.07 Å². The molecule has 5 nitrogen and oxygen atoms in total. The highest BCUT2D eigenvalue weighted by atomic mass is 16.6. The Balaban J connectivity index is 1.84. The Morgan fingerprint density at radius 2 is 2.12 bits per heavy atom. The third-order valence-electron chi connectivity index (χ3n) is 3.26. The first-order valence-corrected chi connectivity index (χ1v) is 6.10. The molecule has 0 radical (unpaired) electrons. The lowest BCUT2D eigenvalue weighted by molar-refractivity contribution is -0.385. The maximum atomic E-state index is 10.5. The van der Waals surface area contributed by atoms with Crippen molar-refractivity contribution in [1.29, 1.82) is 0 Å². The van der Waals surface area contributed by atoms with Gasteiger partial charge in [0.2, 0.25) is 0 Å². The van der Waals surface area contributed by atoms with Crippen LogP contribution in [0.5, 0.6) is 0 Å². The monoisotopic (exact) mass is 235 g/mol. The van der Waals surface area contributed by atoms with E-state index in [0.29, 0.717) is 0 Å². The first kappa shape index (κ1) is 11.8. The lowest BCUT2D eigenvalue weighted by Gasteiger charge is -2.21. The molecule has 1 heterocycles. The largest absolute Gasteiger partial charge is 0.370 e. The molecule has 0 amide bonds. The molecule has 0 saturated heterocycles. The zero-order chi connectivity index (χ0) is 12.1. The Labute approximate surface area is 100 Å². The summed E-state index contributed by atoms with van der Waals surface area (Å²) in [4.78, 5) is 14.1. The molecule has 2 rings (SSSR count). The van der Waals surface area contributed by atoms with E-state index in [4.69, 9.17) is 0 Å². The van der Waals surface area contributed by atoms with Crippen molar-refractivity contribution >= 4 is 11.5 Å². The lowest BCUT2D eigenvalue weighted by atomic mass is 9.89. The Kier molecular flexibility index (Phi) is 3.90. The Morgan fingerprint density at radius 3 is 2.71 bits per heavy atom. The van der Waals surface area contributed by atoms with E-state index in [1.165, 1.54) is 44.4 Å². The summed E-state index contributed by atoms with van der Waals surface area (Å²) in [6.07, 6.45) is 7.84. The van der Waals surface area contributed by atoms with Crippen LogP contribution in [0.4, 0.5) is 11.5 Å². The molecule has 5 heteroatoms. The molecule has 1 fully saturated rings. The summed E-state index contributed by atoms with van der Waals surface area (Å²) in [6.45, 7) is 0.921. The van der Waals surface area contributed by atoms with Gasteiger partial charge in [-0.3, -0.25) is 10.1 Å². The lowest BCUT2D eigenvalue weighted by Crippen LogP contribution is -2.17. The number of hydrogen-bond donors (Lipinski definition) is 1. The molecule has 1 aromatic rings. The normalized spacial score (nSPS) is 16.7. The molecule has 1 aromatic heterocycles. The highest BCUT2D eigenvalue weighted by Gasteiger charge is 2.13. The van der Waals surface area contributed by atoms with Crippen LogP contribution in [0.15, 0.2) is 18.3 Å². The molecule has 0 spiro atoms. The molecular formula is C12H17N3O2. The van der Waals surface area contributed by atoms with Crippen LogP contribution in [0.25, 0.3) is 0 Å². The summed E-state index contributed by atoms with van der Waals surface area (Å²) in [5.41, 5.74) is 0.0354. The second-order valence-corrected chi connectivity index (χ2v) is 4.54. The Hall–Kier alpha value is -1.65. The van der Waals surface area contributed by atoms with Crippen LogP contribution in [0.1, 0.15) is 32.1 Å². The molecule has 1 aliphatic rings. The number of hydrogen-bond acceptors (Lipinski definition) is 4. The van der Waals surface area contributed by atoms with Crippen molar-refractivity contribution in [1.82, 2.24) is 4.98 Å². The topological polar surface area (TPSA) is 68.1 Å². The maximum absolute atomic E-state index is 10.5. The molecule has 0 unspecified atom stereocenters. The predicted molar refractivity (Wildman–Crippen MR) is 66.0 cm³/mol. The van der Waals surface area contributed by atoms with E-state index in [0.717, 1.165) is 18.3 Å². The van der Waals surface area contributed by atoms with Crippen LogP contribution in [0, 0.1) is 16.0 Å². The van der Waals surface area contributed by atoms with Crippen LogP contribution in [-0.4, -0.2) is 16.5 Å². The van der Waals surface area contributed by atoms with Gasteiger partial charge in [0.05, 0.1) is 4.92 Å². The van der Waals surface area contributed by atoms with Gasteiger partial charge in [0.1, 0.15) is 12.0 Å². The quantitative estimate of drug-likeness (QED) is 0.643. The molecule has 1 N–H and O–H groups in total. The predicted octanol–water partition coefficient (Wildman–Crippen LogP) is 2.98. The van der Waals surface area contributed by atoms with Gasteiger partial charge in [-0.15, -0.1) is 0 Å². The minimum atomic E-state index is -0.433. The molecule has 0 aliphatic heterocycles. The van der Waals surface area contributed by atoms with Gasteiger partial charge >= 0.3 is 0 Å². The van der Waals surface area contributed by atoms with Gasteiger partial charge in [-0.05, 0) is 24.8 Å². The van der Waals surface area contributed by atoms with Gasteiger partial charge in [-0.2, -0.15) is 0 Å². The molecule has 1 saturated carbocycles. The van der Waals surface area contributed by atoms with Crippen molar-refractivity contribution in [3.63, 3.8) is 0 Å². The van der Waals surface area contributed by atoms with Gasteiger partial charge in [0.15, 0.2) is 0 Å². The van der Waals surface area contributed by atoms with Crippen LogP contribution in [0.2, 0.25) is 0 Å². The minimum Gasteiger partial charge on any atom is -0.370 e. The van der Waals surface area contributed by atoms with E-state index in [9.17, 15) is 10.1 Å². The van der Waals surface area contributed by atoms with Crippen molar-refractivity contribution in [3.8, 4) is 0 Å². The van der Waals surface area contributed by atoms with Crippen LogP contribution in [0.3, 0.4) is 0 Å². The van der Waals surface area contributed by atoms with Crippen LogP contribution in [-0.2, 0) is 0 Å². The molecular weight excluding hydrogens is 218 g/mol. The Bertz CT molecular complexity index is 372. The molecule has 17 heavy (non-hydrogen) atoms. The van der Waals surface area contributed by atoms with Gasteiger partial charge in [0.25, 0.3) is 5.69 Å². The summed E-state index contributed by atoms with van der Waals surface area (Å²) >= 11 is 0. The summed E-state index contributed by atoms with van der Waals surface area (Å²) < 4.78 is 0. The van der Waals surface area contributed by atoms with Gasteiger partial charge in [0, 0.05) is 12.6 Å². The second-order valence-electron chi connectivity index (χ2n) is 4.54. The van der Waals surface area contributed by atoms with E-state index in [1.807, 2.05) is 0 Å². The van der Waals surface area contributed by atoms with E-state index in [-0.39, 0.29) is 5.69 Å². The van der Waals surface area contributed by atoms with Gasteiger partial charge in [-0.25, -0.2) is 4.98 Å². The highest BCUT2D eigenvalue weighted by molar-refractivity contribution is 5.40. The van der Waals surface area contributed by atoms with Crippen LogP contribution >= 0.6 is 0 Å². The summed E-state index contributed by atoms with van der Waals surface area (Å²) in [6, 6.07) is 3.15. The molecule has 92 valence electrons. The number of anilines is 1. The van der Waals surface area contributed by atoms with E-state index < -0.39 is 4.92 Å². The number of rotatable bonds is 4. The van der Waals surface area contributed by atoms with Crippen molar-refractivity contribution in [2.45, 2.75) is 32.1 Å². The fraction of sp³-hybridized carbons (Fsp3) is 0.583. The van der Waals surface area contributed by atoms with Gasteiger partial charge < -0.3 is 5.32 Å². The van der Waals surface area contributed by atoms with Crippen molar-refractivity contribution in [3.05, 3.63) is 28.4 Å². The molecule has 0 aromatic carbocycles. The molecule has 1 aliphatic carbocycles. The van der Waals surface area contributed by atoms with E-state index >= 15 is 0 Å². The summed E-state index contributed by atoms with van der Waals surface area (Å²) in [5.74, 6) is 1.45. The maximum Gasteiger partial charge on any atom is 0.287 e. The third kappa shape index (κ3) is 3.41. The first-order chi connectivity index (χ1) is 8.25. The zero-order valence-electron chi connectivity index (χ0n) is 9.76. The zero-order valence-corrected chi connectivity index (χ0v) is 9.76. The SMILES string of the molecule is O=[N+]([O-])c1ccc(NCC2CCCCC2)nc1. The average molecular weight is 235 g/mol. The second kappa shape index (κ2) is 5.61. The number of nitro groups is 1. The van der Waals surface area contributed by atoms with Crippen molar-refractivity contribution in [2.24, 2.45) is 5.92 Å². The molecule has 0 atom stereocenters. The third-order valence-corrected chi connectivity index (χ3v) is 3.26. The minimum absolute atomic E-state index is 0.0354. The van der Waals surface area contributed by atoms with Crippen molar-refractivity contribution < 1.29 is 4.92 Å². The smallest absolute Gasteiger partial charge is 0.287 e. The first-order valence-electron chi connectivity index (χ1n) is 6.10. The standard InChI is InChI=1S/C12H17N3O2/c16-15(17)11-6-7-12(14-9-11)13-8-10-4-2-1-3-5-10/h6-7,9-10H,1-5,8H2,(H,13,14). The van der Waals surface area contributed by atoms with Crippen molar-refractivity contribution in [2.75, 3.05) is 11.9 Å². The number of nitrogens with one attached hydrogen (secondary N) is 1. The molecule has 0 bridgehead atoms. The van der Waals surface area contributed by atoms with E-state index in [2.05, 4.69) is 10.3 Å². The number of pyridine rings is 1. The number of aromatic nitrogens is 1. The fourth-order valence-electron chi connectivity index (χ4n) is 2.24.